The Bertz CT molecular complexity index is 4600. The molecule has 10 heterocycles. The summed E-state index contributed by atoms with van der Waals surface area (Å²) in [5, 5.41) is 119. The van der Waals surface area contributed by atoms with Crippen molar-refractivity contribution in [3.05, 3.63) is 157 Å². The Kier molecular flexibility index (Phi) is 45.0. The van der Waals surface area contributed by atoms with E-state index in [9.17, 15) is 94.2 Å². The highest BCUT2D eigenvalue weighted by molar-refractivity contribution is 7.73. The molecule has 0 bridgehead atoms. The fourth-order valence-corrected chi connectivity index (χ4v) is 19.6. The highest BCUT2D eigenvalue weighted by atomic mass is 32.1. The summed E-state index contributed by atoms with van der Waals surface area (Å²) in [5.41, 5.74) is -3.06. The molecular formula is C85H150N15O24P5S. The van der Waals surface area contributed by atoms with Gasteiger partial charge >= 0.3 is 22.8 Å². The van der Waals surface area contributed by atoms with Gasteiger partial charge in [0.2, 0.25) is 0 Å². The molecule has 0 aromatic carbocycles. The molecule has 740 valence electrons. The summed E-state index contributed by atoms with van der Waals surface area (Å²) < 4.78 is 35.5. The quantitative estimate of drug-likeness (QED) is 0.0141. The van der Waals surface area contributed by atoms with Crippen molar-refractivity contribution in [2.75, 3.05) is 130 Å². The lowest BCUT2D eigenvalue weighted by Crippen LogP contribution is -2.39. The SMILES string of the molecule is C=P(C)(C)CC[C@H]1OC(c2cn(CNCCC)c(=O)[nH]c2=O)[C@H](O)[C@@H]1O.C=P(C)(C)CC[C@H]1OC(n2cc(CNCCC)c(=O)[nH]c2=O)[C@H](O)[C@@H]1O.C=P(C)(C)CC[C@H]1OC(n2cc(CNCCC)c(=O)[nH]c2=O)[C@H](O)[C@@H]1O.C=P(C)(C)CC[C@H]1OC(n2cc(CNCCC)c(=O)[nH]c2=O)[C@H](O)[C@@H]1O.C=P(C)(C)CC[C@H]1OC(n2cc(CNCCC)c(=O)[nH]c2=S)[C@H](O)[C@@H]1O. The van der Waals surface area contributed by atoms with Crippen LogP contribution in [0.4, 0.5) is 0 Å². The molecular weight excluding hydrogens is 1800 g/mol. The number of aliphatic hydroxyl groups excluding tert-OH is 10. The molecule has 5 aromatic rings. The lowest BCUT2D eigenvalue weighted by molar-refractivity contribution is -0.0404. The summed E-state index contributed by atoms with van der Waals surface area (Å²) in [6.07, 6.45) is 20.4. The van der Waals surface area contributed by atoms with Gasteiger partial charge < -0.3 is 96.0 Å². The van der Waals surface area contributed by atoms with Crippen molar-refractivity contribution in [3.8, 4) is 0 Å². The van der Waals surface area contributed by atoms with Gasteiger partial charge in [-0.25, -0.2) is 19.2 Å². The van der Waals surface area contributed by atoms with Gasteiger partial charge in [-0.2, -0.15) is 0 Å². The zero-order valence-corrected chi connectivity index (χ0v) is 83.5. The maximum atomic E-state index is 12.2. The molecule has 5 unspecified atom stereocenters. The largest absolute Gasteiger partial charge is 0.388 e. The Balaban J connectivity index is 0.000000250. The molecule has 5 aliphatic rings. The van der Waals surface area contributed by atoms with Crippen molar-refractivity contribution in [1.29, 1.82) is 0 Å². The lowest BCUT2D eigenvalue weighted by Gasteiger charge is -2.20. The zero-order chi connectivity index (χ0) is 97.4. The third-order valence-electron chi connectivity index (χ3n) is 22.1. The Labute approximate surface area is 764 Å². The van der Waals surface area contributed by atoms with Gasteiger partial charge in [-0.3, -0.25) is 77.0 Å². The monoisotopic (exact) mass is 1950 g/mol. The Hall–Kier alpha value is -5.48. The predicted octanol–water partition coefficient (Wildman–Crippen LogP) is 0.143. The average Bonchev–Trinajstić information content (AvgIpc) is 1.62. The number of aromatic nitrogens is 10. The standard InChI is InChI=1S/4C17H30N3O5P.C17H30N3O4PS/c1-5-7-18-10-20-9-11(16(23)19-17(20)24)15-14(22)13(21)12(25-15)6-8-26(2,3)4;3*1-5-7-18-9-11-10-20(17(24)19-15(11)23)16-14(22)13(21)12(25-16)6-8-26(2,3)4;1-5-7-18-9-11-10-20(17(26)19-15(11)23)16-14(22)13(21)12(24-16)6-8-25(2,3)4/h9,12-15,18,21-22H,2,5-8,10H2,1,3-4H3,(H,19,23,24);3*10,12-14,16,18,21-22H,2,5-9H2,1,3-4H3,(H,19,23,24);10,12-14,16,18,21-22H,2,5-9H2,1,3-4H3,(H,19,23,26)/t12-,13-,14-,15?;4*12-,13-,14-,16?/m11111/s1. The molecule has 130 heavy (non-hydrogen) atoms. The molecule has 0 spiro atoms. The van der Waals surface area contributed by atoms with Crippen LogP contribution in [-0.2, 0) is 56.5 Å². The van der Waals surface area contributed by atoms with Crippen LogP contribution in [0.3, 0.4) is 0 Å². The number of nitrogens with one attached hydrogen (secondary N) is 10. The van der Waals surface area contributed by atoms with Crippen LogP contribution in [0.2, 0.25) is 0 Å². The van der Waals surface area contributed by atoms with Crippen molar-refractivity contribution in [1.82, 2.24) is 74.3 Å². The Morgan fingerprint density at radius 2 is 0.562 bits per heavy atom. The summed E-state index contributed by atoms with van der Waals surface area (Å²) in [6, 6.07) is 0. The molecule has 20 atom stereocenters. The summed E-state index contributed by atoms with van der Waals surface area (Å²) in [6.45, 7) is 29.9. The molecule has 5 saturated heterocycles. The van der Waals surface area contributed by atoms with E-state index in [1.165, 1.54) is 33.9 Å². The molecule has 39 nitrogen and oxygen atoms in total. The summed E-state index contributed by atoms with van der Waals surface area (Å²) >= 11 is 5.24. The second-order valence-electron chi connectivity index (χ2n) is 37.5. The van der Waals surface area contributed by atoms with Crippen LogP contribution in [0.5, 0.6) is 0 Å². The summed E-state index contributed by atoms with van der Waals surface area (Å²) in [4.78, 5) is 120. The first-order chi connectivity index (χ1) is 60.7. The lowest BCUT2D eigenvalue weighted by atomic mass is 10.0. The van der Waals surface area contributed by atoms with Crippen molar-refractivity contribution in [3.63, 3.8) is 0 Å². The van der Waals surface area contributed by atoms with Gasteiger partial charge in [0.1, 0.15) is 67.1 Å². The van der Waals surface area contributed by atoms with E-state index in [0.29, 0.717) is 80.5 Å². The second kappa shape index (κ2) is 51.6. The normalized spacial score (nSPS) is 26.3. The first-order valence-electron chi connectivity index (χ1n) is 44.4. The molecule has 5 aliphatic heterocycles. The molecule has 10 rings (SSSR count). The molecule has 0 amide bonds. The first-order valence-corrected chi connectivity index (χ1v) is 60.1. The van der Waals surface area contributed by atoms with Gasteiger partial charge in [0, 0.05) is 79.4 Å². The van der Waals surface area contributed by atoms with Gasteiger partial charge in [0.15, 0.2) is 29.7 Å². The Morgan fingerprint density at radius 3 is 0.838 bits per heavy atom. The number of hydrogen-bond donors (Lipinski definition) is 20. The Morgan fingerprint density at radius 1 is 0.323 bits per heavy atom. The third kappa shape index (κ3) is 34.3. The van der Waals surface area contributed by atoms with Gasteiger partial charge in [0.05, 0.1) is 42.8 Å². The molecule has 5 aromatic heterocycles. The van der Waals surface area contributed by atoms with Crippen LogP contribution in [0.25, 0.3) is 0 Å². The molecule has 20 N–H and O–H groups in total. The molecule has 5 fully saturated rings. The summed E-state index contributed by atoms with van der Waals surface area (Å²) in [5.74, 6) is 0. The number of rotatable bonds is 40. The maximum Gasteiger partial charge on any atom is 0.330 e. The number of aliphatic hydroxyl groups is 10. The number of hydrogen-bond acceptors (Lipinski definition) is 30. The van der Waals surface area contributed by atoms with Gasteiger partial charge in [-0.05, 0) is 207 Å². The zero-order valence-electron chi connectivity index (χ0n) is 78.2. The highest BCUT2D eigenvalue weighted by Gasteiger charge is 2.49. The van der Waals surface area contributed by atoms with Gasteiger partial charge in [-0.1, -0.05) is 34.6 Å². The number of aromatic amines is 5. The number of ether oxygens (including phenoxy) is 5. The number of H-pyrrole nitrogens is 5. The topological polar surface area (TPSA) is 566 Å². The minimum absolute atomic E-state index is 0.139. The average molecular weight is 1950 g/mol. The van der Waals surface area contributed by atoms with E-state index in [4.69, 9.17) is 35.9 Å². The van der Waals surface area contributed by atoms with Crippen LogP contribution in [0.15, 0.2) is 74.1 Å². The van der Waals surface area contributed by atoms with Gasteiger partial charge in [-0.15, -0.1) is 65.9 Å². The summed E-state index contributed by atoms with van der Waals surface area (Å²) in [7, 11) is 0. The highest BCUT2D eigenvalue weighted by Crippen LogP contribution is 2.45. The molecule has 0 saturated carbocycles. The van der Waals surface area contributed by atoms with E-state index in [2.05, 4.69) is 150 Å². The fourth-order valence-electron chi connectivity index (χ4n) is 14.6. The van der Waals surface area contributed by atoms with Gasteiger partial charge in [0.25, 0.3) is 27.8 Å². The first kappa shape index (κ1) is 113. The fraction of sp³-hybridized carbons (Fsp3) is 0.706. The predicted molar refractivity (Wildman–Crippen MR) is 528 cm³/mol. The van der Waals surface area contributed by atoms with Crippen LogP contribution in [0, 0.1) is 4.77 Å². The van der Waals surface area contributed by atoms with Crippen molar-refractivity contribution >= 4 is 78.1 Å². The third-order valence-corrected chi connectivity index (χ3v) is 29.7. The van der Waals surface area contributed by atoms with Crippen molar-refractivity contribution < 1.29 is 74.7 Å². The van der Waals surface area contributed by atoms with E-state index in [-0.39, 0.29) is 22.6 Å². The van der Waals surface area contributed by atoms with E-state index in [0.717, 1.165) is 109 Å². The molecule has 0 aliphatic carbocycles. The van der Waals surface area contributed by atoms with Crippen LogP contribution >= 0.6 is 46.6 Å². The maximum absolute atomic E-state index is 12.2. The molecule has 0 radical (unpaired) electrons. The number of nitrogens with zero attached hydrogens (tertiary/aromatic N) is 5. The van der Waals surface area contributed by atoms with Crippen LogP contribution < -0.4 is 77.1 Å². The van der Waals surface area contributed by atoms with Crippen molar-refractivity contribution in [2.24, 2.45) is 0 Å². The van der Waals surface area contributed by atoms with Crippen molar-refractivity contribution in [2.45, 2.75) is 254 Å². The minimum atomic E-state index is -1.29. The smallest absolute Gasteiger partial charge is 0.330 e. The van der Waals surface area contributed by atoms with Crippen LogP contribution in [-0.4, -0.2) is 352 Å². The second-order valence-corrected chi connectivity index (χ2v) is 59.4. The van der Waals surface area contributed by atoms with E-state index < -0.39 is 202 Å². The van der Waals surface area contributed by atoms with E-state index in [1.54, 1.807) is 6.20 Å². The van der Waals surface area contributed by atoms with E-state index in [1.807, 2.05) is 34.6 Å². The van der Waals surface area contributed by atoms with E-state index >= 15 is 0 Å². The minimum Gasteiger partial charge on any atom is -0.388 e. The molecule has 45 heteroatoms. The van der Waals surface area contributed by atoms with Crippen LogP contribution in [0.1, 0.15) is 158 Å².